The van der Waals surface area contributed by atoms with Crippen LogP contribution >= 0.6 is 15.9 Å². The van der Waals surface area contributed by atoms with Crippen molar-refractivity contribution < 1.29 is 27.5 Å². The Bertz CT molecular complexity index is 1730. The van der Waals surface area contributed by atoms with Gasteiger partial charge in [0.05, 0.1) is 24.1 Å². The summed E-state index contributed by atoms with van der Waals surface area (Å²) in [6.45, 7) is 10.9. The number of nitrogens with zero attached hydrogens (tertiary/aromatic N) is 1. The molecule has 1 saturated heterocycles. The number of ether oxygens (including phenoxy) is 1. The summed E-state index contributed by atoms with van der Waals surface area (Å²) in [7, 11) is -2.34. The number of carbonyl (C=O) groups excluding carboxylic acids is 2. The molecule has 4 aromatic rings. The van der Waals surface area contributed by atoms with E-state index in [1.165, 1.54) is 29.2 Å². The lowest BCUT2D eigenvalue weighted by molar-refractivity contribution is -0.134. The minimum atomic E-state index is -2.34. The fourth-order valence-electron chi connectivity index (χ4n) is 6.02. The van der Waals surface area contributed by atoms with E-state index in [1.54, 1.807) is 24.3 Å². The van der Waals surface area contributed by atoms with Crippen LogP contribution < -0.4 is 5.32 Å². The summed E-state index contributed by atoms with van der Waals surface area (Å²) in [4.78, 5) is 29.6. The molecule has 1 N–H and O–H groups in total. The van der Waals surface area contributed by atoms with E-state index in [0.717, 1.165) is 21.2 Å². The Kier molecular flexibility index (Phi) is 12.0. The van der Waals surface area contributed by atoms with E-state index in [2.05, 4.69) is 55.1 Å². The molecule has 0 aliphatic carbocycles. The molecule has 10 heteroatoms. The molecule has 0 saturated carbocycles. The van der Waals surface area contributed by atoms with Crippen molar-refractivity contribution in [2.45, 2.75) is 76.4 Å². The van der Waals surface area contributed by atoms with Gasteiger partial charge in [0.15, 0.2) is 8.32 Å². The largest absolute Gasteiger partial charge is 0.447 e. The average molecular weight is 764 g/mol. The Labute approximate surface area is 303 Å². The summed E-state index contributed by atoms with van der Waals surface area (Å²) in [6.07, 6.45) is 0.0655. The first-order valence-electron chi connectivity index (χ1n) is 17.0. The van der Waals surface area contributed by atoms with Gasteiger partial charge in [-0.15, -0.1) is 0 Å². The van der Waals surface area contributed by atoms with Gasteiger partial charge >= 0.3 is 6.09 Å². The highest BCUT2D eigenvalue weighted by molar-refractivity contribution is 9.10. The van der Waals surface area contributed by atoms with Crippen LogP contribution in [0.1, 0.15) is 62.4 Å². The first kappa shape index (κ1) is 37.4. The van der Waals surface area contributed by atoms with Crippen LogP contribution in [0, 0.1) is 17.6 Å². The minimum absolute atomic E-state index is 0.0905. The van der Waals surface area contributed by atoms with Gasteiger partial charge in [0, 0.05) is 10.2 Å². The number of imide groups is 1. The molecule has 0 radical (unpaired) electrons. The van der Waals surface area contributed by atoms with Crippen LogP contribution in [0.2, 0.25) is 18.1 Å². The van der Waals surface area contributed by atoms with E-state index in [4.69, 9.17) is 9.16 Å². The van der Waals surface area contributed by atoms with E-state index in [0.29, 0.717) is 24.9 Å². The normalized spacial score (nSPS) is 16.8. The standard InChI is InChI=1S/C40H45BrF2N2O4Si/c1-40(2,3)50(4,5)49-36(28-13-17-31(42)18-14-28)24-23-35(38(46)45-34(26-48-39(45)47)25-27-9-7-6-8-10-27)37(29-11-15-30(41)16-12-29)44-33-21-19-32(43)20-22-33/h6-22,34-37,44H,23-26H2,1-5H3/t34-,35+,36-,37+/m0/s1. The molecule has 5 rings (SSSR count). The van der Waals surface area contributed by atoms with Crippen molar-refractivity contribution in [3.63, 3.8) is 0 Å². The third kappa shape index (κ3) is 9.27. The molecule has 4 aromatic carbocycles. The van der Waals surface area contributed by atoms with Gasteiger partial charge in [-0.05, 0) is 103 Å². The highest BCUT2D eigenvalue weighted by atomic mass is 79.9. The molecule has 1 aliphatic heterocycles. The van der Waals surface area contributed by atoms with Gasteiger partial charge in [-0.3, -0.25) is 4.79 Å². The van der Waals surface area contributed by atoms with E-state index in [9.17, 15) is 18.4 Å². The molecule has 2 amide bonds. The summed E-state index contributed by atoms with van der Waals surface area (Å²) >= 11 is 3.52. The Morgan fingerprint density at radius 2 is 1.48 bits per heavy atom. The SMILES string of the molecule is CC(C)(C)[Si](C)(C)O[C@@H](CC[C@@H](C(=O)N1C(=O)OC[C@@H]1Cc1ccccc1)[C@H](Nc1ccc(F)cc1)c1ccc(Br)cc1)c1ccc(F)cc1. The van der Waals surface area contributed by atoms with Crippen molar-refractivity contribution in [3.05, 3.63) is 136 Å². The van der Waals surface area contributed by atoms with Crippen molar-refractivity contribution in [3.8, 4) is 0 Å². The summed E-state index contributed by atoms with van der Waals surface area (Å²) in [5.41, 5.74) is 3.23. The van der Waals surface area contributed by atoms with E-state index in [-0.39, 0.29) is 29.2 Å². The first-order valence-corrected chi connectivity index (χ1v) is 20.7. The molecular formula is C40H45BrF2N2O4Si. The van der Waals surface area contributed by atoms with E-state index >= 15 is 0 Å². The summed E-state index contributed by atoms with van der Waals surface area (Å²) in [6, 6.07) is 28.6. The van der Waals surface area contributed by atoms with Gasteiger partial charge in [-0.1, -0.05) is 91.3 Å². The first-order chi connectivity index (χ1) is 23.7. The van der Waals surface area contributed by atoms with Gasteiger partial charge in [0.1, 0.15) is 18.2 Å². The predicted octanol–water partition coefficient (Wildman–Crippen LogP) is 10.6. The van der Waals surface area contributed by atoms with E-state index in [1.807, 2.05) is 54.6 Å². The fraction of sp³-hybridized carbons (Fsp3) is 0.350. The highest BCUT2D eigenvalue weighted by Gasteiger charge is 2.44. The maximum absolute atomic E-state index is 15.0. The van der Waals surface area contributed by atoms with Crippen LogP contribution in [0.3, 0.4) is 0 Å². The molecule has 0 bridgehead atoms. The highest BCUT2D eigenvalue weighted by Crippen LogP contribution is 2.42. The summed E-state index contributed by atoms with van der Waals surface area (Å²) in [5.74, 6) is -1.88. The number of carbonyl (C=O) groups is 2. The van der Waals surface area contributed by atoms with Crippen LogP contribution in [0.4, 0.5) is 19.3 Å². The number of hydrogen-bond donors (Lipinski definition) is 1. The second-order valence-corrected chi connectivity index (χ2v) is 20.1. The number of anilines is 1. The maximum Gasteiger partial charge on any atom is 0.416 e. The lowest BCUT2D eigenvalue weighted by Gasteiger charge is -2.40. The molecule has 1 fully saturated rings. The van der Waals surface area contributed by atoms with Crippen molar-refractivity contribution >= 4 is 41.9 Å². The maximum atomic E-state index is 15.0. The van der Waals surface area contributed by atoms with Crippen molar-refractivity contribution in [2.24, 2.45) is 5.92 Å². The van der Waals surface area contributed by atoms with Crippen molar-refractivity contribution in [1.29, 1.82) is 0 Å². The number of benzene rings is 4. The Morgan fingerprint density at radius 3 is 2.08 bits per heavy atom. The zero-order chi connectivity index (χ0) is 36.1. The number of nitrogens with one attached hydrogen (secondary N) is 1. The smallest absolute Gasteiger partial charge is 0.416 e. The van der Waals surface area contributed by atoms with Crippen LogP contribution in [0.15, 0.2) is 108 Å². The predicted molar refractivity (Wildman–Crippen MR) is 199 cm³/mol. The Morgan fingerprint density at radius 1 is 0.900 bits per heavy atom. The summed E-state index contributed by atoms with van der Waals surface area (Å²) < 4.78 is 41.4. The number of hydrogen-bond acceptors (Lipinski definition) is 5. The minimum Gasteiger partial charge on any atom is -0.447 e. The van der Waals surface area contributed by atoms with Crippen LogP contribution in [-0.4, -0.2) is 37.9 Å². The molecule has 6 nitrogen and oxygen atoms in total. The number of rotatable bonds is 13. The van der Waals surface area contributed by atoms with Crippen molar-refractivity contribution in [2.75, 3.05) is 11.9 Å². The second-order valence-electron chi connectivity index (χ2n) is 14.4. The molecule has 1 heterocycles. The van der Waals surface area contributed by atoms with Gasteiger partial charge in [-0.25, -0.2) is 18.5 Å². The van der Waals surface area contributed by atoms with E-state index < -0.39 is 38.5 Å². The average Bonchev–Trinajstić information content (AvgIpc) is 3.44. The number of amides is 2. The third-order valence-electron chi connectivity index (χ3n) is 9.85. The zero-order valence-corrected chi connectivity index (χ0v) is 31.8. The van der Waals surface area contributed by atoms with Gasteiger partial charge < -0.3 is 14.5 Å². The zero-order valence-electron chi connectivity index (χ0n) is 29.2. The number of halogens is 3. The lowest BCUT2D eigenvalue weighted by Crippen LogP contribution is -2.46. The molecule has 1 aliphatic rings. The fourth-order valence-corrected chi connectivity index (χ4v) is 7.61. The Balaban J connectivity index is 1.56. The molecule has 0 aromatic heterocycles. The monoisotopic (exact) mass is 762 g/mol. The molecular weight excluding hydrogens is 718 g/mol. The van der Waals surface area contributed by atoms with Crippen LogP contribution in [0.5, 0.6) is 0 Å². The molecule has 50 heavy (non-hydrogen) atoms. The van der Waals surface area contributed by atoms with Crippen LogP contribution in [-0.2, 0) is 20.4 Å². The second kappa shape index (κ2) is 16.0. The molecule has 0 unspecified atom stereocenters. The quantitative estimate of drug-likeness (QED) is 0.137. The Hall–Kier alpha value is -3.86. The molecule has 264 valence electrons. The lowest BCUT2D eigenvalue weighted by atomic mass is 9.85. The van der Waals surface area contributed by atoms with Gasteiger partial charge in [-0.2, -0.15) is 0 Å². The molecule has 0 spiro atoms. The van der Waals surface area contributed by atoms with Gasteiger partial charge in [0.25, 0.3) is 0 Å². The van der Waals surface area contributed by atoms with Gasteiger partial charge in [0.2, 0.25) is 5.91 Å². The van der Waals surface area contributed by atoms with Crippen molar-refractivity contribution in [1.82, 2.24) is 4.90 Å². The third-order valence-corrected chi connectivity index (χ3v) is 14.9. The topological polar surface area (TPSA) is 67.9 Å². The summed E-state index contributed by atoms with van der Waals surface area (Å²) in [5, 5.41) is 3.40. The number of cyclic esters (lactones) is 1. The molecule has 4 atom stereocenters. The van der Waals surface area contributed by atoms with Crippen LogP contribution in [0.25, 0.3) is 0 Å².